The van der Waals surface area contributed by atoms with E-state index in [1.54, 1.807) is 6.92 Å². The summed E-state index contributed by atoms with van der Waals surface area (Å²) in [6, 6.07) is 0. The number of rotatable bonds is 5. The molecule has 0 aliphatic carbocycles. The molecule has 0 heterocycles. The molecule has 1 radical (unpaired) electrons. The molecule has 1 unspecified atom stereocenters. The Bertz CT molecular complexity index is 256. The van der Waals surface area contributed by atoms with Crippen molar-refractivity contribution < 1.29 is 31.4 Å². The van der Waals surface area contributed by atoms with Crippen LogP contribution in [0.5, 0.6) is 0 Å². The average molecular weight is 294 g/mol. The summed E-state index contributed by atoms with van der Waals surface area (Å²) in [5.41, 5.74) is 0. The third kappa shape index (κ3) is 8.10. The Morgan fingerprint density at radius 2 is 1.69 bits per heavy atom. The molecule has 5 heteroatoms. The summed E-state index contributed by atoms with van der Waals surface area (Å²) in [5, 5.41) is 9.44. The van der Waals surface area contributed by atoms with Crippen LogP contribution in [0.15, 0.2) is 11.8 Å². The van der Waals surface area contributed by atoms with Gasteiger partial charge in [-0.2, -0.15) is 0 Å². The molecule has 99 valence electrons. The number of ketones is 1. The number of hydrogen-bond acceptors (Lipinski definition) is 3. The standard InChI is InChI=1S/C11H22O3Si.Cu/c1-8(2)10(12)7-11(13)9(3)14-15(4,5)6;/h7-9,12H,1-6H3;/b10-7-;. The van der Waals surface area contributed by atoms with Gasteiger partial charge in [-0.1, -0.05) is 13.8 Å². The van der Waals surface area contributed by atoms with E-state index in [1.807, 2.05) is 33.5 Å². The molecular formula is C11H22CuO3Si. The van der Waals surface area contributed by atoms with Crippen molar-refractivity contribution in [3.63, 3.8) is 0 Å². The first kappa shape index (κ1) is 18.3. The smallest absolute Gasteiger partial charge is 0.186 e. The molecule has 0 aromatic carbocycles. The van der Waals surface area contributed by atoms with E-state index in [9.17, 15) is 9.90 Å². The monoisotopic (exact) mass is 293 g/mol. The Morgan fingerprint density at radius 3 is 2.00 bits per heavy atom. The van der Waals surface area contributed by atoms with Crippen molar-refractivity contribution in [3.05, 3.63) is 11.8 Å². The van der Waals surface area contributed by atoms with Crippen molar-refractivity contribution in [3.8, 4) is 0 Å². The second kappa shape index (κ2) is 7.27. The van der Waals surface area contributed by atoms with E-state index < -0.39 is 14.4 Å². The molecule has 1 atom stereocenters. The number of carbonyl (C=O) groups excluding carboxylic acids is 1. The van der Waals surface area contributed by atoms with Gasteiger partial charge < -0.3 is 9.53 Å². The average Bonchev–Trinajstić information content (AvgIpc) is 2.00. The SMILES string of the molecule is CC(O[Si](C)(C)C)C(=O)/C=C(\O)C(C)C.[Cu]. The van der Waals surface area contributed by atoms with E-state index in [4.69, 9.17) is 4.43 Å². The maximum atomic E-state index is 11.6. The van der Waals surface area contributed by atoms with E-state index in [2.05, 4.69) is 0 Å². The normalized spacial score (nSPS) is 14.6. The van der Waals surface area contributed by atoms with Gasteiger partial charge in [0.25, 0.3) is 0 Å². The fraction of sp³-hybridized carbons (Fsp3) is 0.727. The van der Waals surface area contributed by atoms with Crippen LogP contribution >= 0.6 is 0 Å². The third-order valence-corrected chi connectivity index (χ3v) is 2.87. The molecule has 0 aromatic rings. The van der Waals surface area contributed by atoms with Crippen LogP contribution < -0.4 is 0 Å². The predicted octanol–water partition coefficient (Wildman–Crippen LogP) is 2.89. The van der Waals surface area contributed by atoms with Crippen LogP contribution in [0, 0.1) is 5.92 Å². The van der Waals surface area contributed by atoms with Crippen LogP contribution in [0.2, 0.25) is 19.6 Å². The molecular weight excluding hydrogens is 272 g/mol. The summed E-state index contributed by atoms with van der Waals surface area (Å²) in [6.07, 6.45) is 0.813. The van der Waals surface area contributed by atoms with Crippen LogP contribution in [0.1, 0.15) is 20.8 Å². The van der Waals surface area contributed by atoms with Crippen molar-refractivity contribution in [1.82, 2.24) is 0 Å². The van der Waals surface area contributed by atoms with E-state index >= 15 is 0 Å². The predicted molar refractivity (Wildman–Crippen MR) is 64.4 cm³/mol. The van der Waals surface area contributed by atoms with E-state index in [-0.39, 0.29) is 34.5 Å². The summed E-state index contributed by atoms with van der Waals surface area (Å²) >= 11 is 0. The molecule has 0 aliphatic heterocycles. The molecule has 0 spiro atoms. The number of aliphatic hydroxyl groups is 1. The number of allylic oxidation sites excluding steroid dienone is 1. The Balaban J connectivity index is 0. The third-order valence-electron chi connectivity index (χ3n) is 1.81. The molecule has 16 heavy (non-hydrogen) atoms. The molecule has 0 saturated heterocycles. The van der Waals surface area contributed by atoms with E-state index in [0.29, 0.717) is 0 Å². The molecule has 0 amide bonds. The Kier molecular flexibility index (Phi) is 8.31. The Hall–Kier alpha value is -0.0936. The van der Waals surface area contributed by atoms with Gasteiger partial charge in [0.15, 0.2) is 14.1 Å². The quantitative estimate of drug-likeness (QED) is 0.482. The Labute approximate surface area is 110 Å². The van der Waals surface area contributed by atoms with Crippen molar-refractivity contribution in [2.45, 2.75) is 46.5 Å². The number of aliphatic hydroxyl groups excluding tert-OH is 1. The second-order valence-corrected chi connectivity index (χ2v) is 9.46. The summed E-state index contributed by atoms with van der Waals surface area (Å²) in [5.74, 6) is -0.0670. The van der Waals surface area contributed by atoms with Gasteiger partial charge in [0.1, 0.15) is 6.10 Å². The van der Waals surface area contributed by atoms with Gasteiger partial charge in [0.05, 0.1) is 5.76 Å². The first-order valence-electron chi connectivity index (χ1n) is 5.25. The minimum absolute atomic E-state index is 0. The zero-order valence-corrected chi connectivity index (χ0v) is 12.7. The van der Waals surface area contributed by atoms with Crippen LogP contribution in [-0.4, -0.2) is 25.3 Å². The minimum Gasteiger partial charge on any atom is -0.512 e. The van der Waals surface area contributed by atoms with Gasteiger partial charge in [0, 0.05) is 29.1 Å². The first-order valence-corrected chi connectivity index (χ1v) is 8.66. The van der Waals surface area contributed by atoms with Gasteiger partial charge in [-0.3, -0.25) is 4.79 Å². The second-order valence-electron chi connectivity index (χ2n) is 5.00. The fourth-order valence-electron chi connectivity index (χ4n) is 1.02. The summed E-state index contributed by atoms with van der Waals surface area (Å²) in [4.78, 5) is 11.6. The fourth-order valence-corrected chi connectivity index (χ4v) is 2.19. The molecule has 1 N–H and O–H groups in total. The van der Waals surface area contributed by atoms with Crippen molar-refractivity contribution in [2.75, 3.05) is 0 Å². The van der Waals surface area contributed by atoms with Gasteiger partial charge in [-0.05, 0) is 26.6 Å². The van der Waals surface area contributed by atoms with Gasteiger partial charge in [-0.15, -0.1) is 0 Å². The van der Waals surface area contributed by atoms with Crippen molar-refractivity contribution >= 4 is 14.1 Å². The molecule has 0 saturated carbocycles. The maximum Gasteiger partial charge on any atom is 0.186 e. The molecule has 0 aromatic heterocycles. The zero-order chi connectivity index (χ0) is 12.2. The van der Waals surface area contributed by atoms with E-state index in [0.717, 1.165) is 0 Å². The number of hydrogen-bond donors (Lipinski definition) is 1. The molecule has 3 nitrogen and oxygen atoms in total. The molecule has 0 rings (SSSR count). The summed E-state index contributed by atoms with van der Waals surface area (Å²) < 4.78 is 5.61. The van der Waals surface area contributed by atoms with Crippen LogP contribution in [0.3, 0.4) is 0 Å². The minimum atomic E-state index is -1.69. The van der Waals surface area contributed by atoms with Crippen LogP contribution in [0.25, 0.3) is 0 Å². The summed E-state index contributed by atoms with van der Waals surface area (Å²) in [7, 11) is -1.69. The molecule has 0 aliphatic rings. The van der Waals surface area contributed by atoms with Gasteiger partial charge in [-0.25, -0.2) is 0 Å². The van der Waals surface area contributed by atoms with Crippen LogP contribution in [0.4, 0.5) is 0 Å². The van der Waals surface area contributed by atoms with E-state index in [1.165, 1.54) is 6.08 Å². The Morgan fingerprint density at radius 1 is 1.25 bits per heavy atom. The first-order chi connectivity index (χ1) is 6.63. The van der Waals surface area contributed by atoms with Crippen molar-refractivity contribution in [2.24, 2.45) is 5.92 Å². The molecule has 0 fully saturated rings. The van der Waals surface area contributed by atoms with Crippen molar-refractivity contribution in [1.29, 1.82) is 0 Å². The van der Waals surface area contributed by atoms with Crippen LogP contribution in [-0.2, 0) is 26.3 Å². The summed E-state index contributed by atoms with van der Waals surface area (Å²) in [6.45, 7) is 11.5. The number of carbonyl (C=O) groups is 1. The maximum absolute atomic E-state index is 11.6. The van der Waals surface area contributed by atoms with Gasteiger partial charge in [0.2, 0.25) is 0 Å². The molecule has 0 bridgehead atoms. The topological polar surface area (TPSA) is 46.5 Å². The largest absolute Gasteiger partial charge is 0.512 e. The zero-order valence-electron chi connectivity index (χ0n) is 10.8. The van der Waals surface area contributed by atoms with Gasteiger partial charge >= 0.3 is 0 Å².